The zero-order chi connectivity index (χ0) is 21.7. The molecule has 1 heterocycles. The lowest BCUT2D eigenvalue weighted by atomic mass is 10.1. The van der Waals surface area contributed by atoms with Crippen LogP contribution in [-0.4, -0.2) is 35.1 Å². The number of ether oxygens (including phenoxy) is 2. The normalized spacial score (nSPS) is 11.2. The van der Waals surface area contributed by atoms with Gasteiger partial charge in [0.1, 0.15) is 0 Å². The minimum Gasteiger partial charge on any atom is -0.493 e. The van der Waals surface area contributed by atoms with Gasteiger partial charge in [0.15, 0.2) is 17.3 Å². The van der Waals surface area contributed by atoms with Crippen molar-refractivity contribution in [2.75, 3.05) is 20.8 Å². The largest absolute Gasteiger partial charge is 0.493 e. The van der Waals surface area contributed by atoms with Crippen LogP contribution in [0, 0.1) is 0 Å². The quantitative estimate of drug-likeness (QED) is 0.511. The zero-order valence-corrected chi connectivity index (χ0v) is 18.7. The number of amides is 1. The van der Waals surface area contributed by atoms with E-state index in [1.54, 1.807) is 32.4 Å². The molecule has 0 aliphatic heterocycles. The fourth-order valence-electron chi connectivity index (χ4n) is 2.76. The van der Waals surface area contributed by atoms with Gasteiger partial charge in [-0.15, -0.1) is 0 Å². The van der Waals surface area contributed by atoms with Gasteiger partial charge < -0.3 is 19.2 Å². The molecule has 0 unspecified atom stereocenters. The van der Waals surface area contributed by atoms with Crippen LogP contribution in [0.15, 0.2) is 73.5 Å². The van der Waals surface area contributed by atoms with Crippen molar-refractivity contribution < 1.29 is 27.1 Å². The predicted octanol–water partition coefficient (Wildman–Crippen LogP) is 3.86. The number of methoxy groups -OCH3 is 2. The molecule has 0 radical (unpaired) electrons. The Bertz CT molecular complexity index is 1140. The maximum Gasteiger partial charge on any atom is 0.287 e. The Morgan fingerprint density at radius 3 is 2.37 bits per heavy atom. The van der Waals surface area contributed by atoms with E-state index in [1.165, 1.54) is 24.3 Å². The summed E-state index contributed by atoms with van der Waals surface area (Å²) in [5, 5.41) is 2.44. The van der Waals surface area contributed by atoms with Crippen LogP contribution >= 0.6 is 15.9 Å². The van der Waals surface area contributed by atoms with Gasteiger partial charge in [0.05, 0.1) is 19.1 Å². The number of halogens is 1. The van der Waals surface area contributed by atoms with Crippen molar-refractivity contribution in [1.82, 2.24) is 5.32 Å². The second kappa shape index (κ2) is 9.36. The van der Waals surface area contributed by atoms with Crippen LogP contribution in [0.5, 0.6) is 11.5 Å². The minimum atomic E-state index is -3.84. The number of hydrogen-bond acceptors (Lipinski definition) is 6. The van der Waals surface area contributed by atoms with E-state index in [0.717, 1.165) is 10.0 Å². The van der Waals surface area contributed by atoms with Crippen molar-refractivity contribution >= 4 is 31.7 Å². The number of sulfone groups is 1. The number of carbonyl (C=O) groups is 1. The first-order valence-electron chi connectivity index (χ1n) is 8.94. The molecule has 9 heteroatoms. The fraction of sp³-hybridized carbons (Fsp3) is 0.190. The van der Waals surface area contributed by atoms with E-state index >= 15 is 0 Å². The number of rotatable bonds is 8. The van der Waals surface area contributed by atoms with Gasteiger partial charge in [0, 0.05) is 11.0 Å². The molecule has 0 bridgehead atoms. The Kier molecular flexibility index (Phi) is 6.84. The number of hydrogen-bond donors (Lipinski definition) is 1. The number of benzene rings is 2. The molecule has 158 valence electrons. The highest BCUT2D eigenvalue weighted by Gasteiger charge is 2.23. The maximum atomic E-state index is 12.6. The van der Waals surface area contributed by atoms with E-state index in [2.05, 4.69) is 21.2 Å². The van der Waals surface area contributed by atoms with E-state index in [9.17, 15) is 13.2 Å². The molecule has 0 aliphatic carbocycles. The monoisotopic (exact) mass is 493 g/mol. The molecule has 0 atom stereocenters. The van der Waals surface area contributed by atoms with E-state index < -0.39 is 15.7 Å². The highest BCUT2D eigenvalue weighted by molar-refractivity contribution is 9.10. The summed E-state index contributed by atoms with van der Waals surface area (Å²) in [5.74, 6) is 0.668. The van der Waals surface area contributed by atoms with Crippen molar-refractivity contribution in [2.45, 2.75) is 16.4 Å². The third-order valence-electron chi connectivity index (χ3n) is 4.34. The van der Waals surface area contributed by atoms with E-state index in [1.807, 2.05) is 12.1 Å². The Morgan fingerprint density at radius 1 is 1.00 bits per heavy atom. The van der Waals surface area contributed by atoms with Gasteiger partial charge >= 0.3 is 0 Å². The van der Waals surface area contributed by atoms with Crippen LogP contribution in [0.2, 0.25) is 0 Å². The van der Waals surface area contributed by atoms with Crippen LogP contribution in [0.25, 0.3) is 0 Å². The summed E-state index contributed by atoms with van der Waals surface area (Å²) >= 11 is 3.26. The first-order valence-corrected chi connectivity index (χ1v) is 11.2. The summed E-state index contributed by atoms with van der Waals surface area (Å²) < 4.78 is 41.8. The summed E-state index contributed by atoms with van der Waals surface area (Å²) in [7, 11) is -0.722. The molecule has 3 rings (SSSR count). The van der Waals surface area contributed by atoms with Gasteiger partial charge in [0.2, 0.25) is 14.9 Å². The number of nitrogens with one attached hydrogen (secondary N) is 1. The van der Waals surface area contributed by atoms with Crippen LogP contribution in [0.3, 0.4) is 0 Å². The second-order valence-corrected chi connectivity index (χ2v) is 9.07. The Morgan fingerprint density at radius 2 is 1.70 bits per heavy atom. The van der Waals surface area contributed by atoms with E-state index in [-0.39, 0.29) is 15.7 Å². The SMILES string of the molecule is COc1ccc(CCNC(=O)c2ccc(S(=O)(=O)c3ccc(Br)cc3)o2)cc1OC. The summed E-state index contributed by atoms with van der Waals surface area (Å²) in [4.78, 5) is 12.4. The van der Waals surface area contributed by atoms with Gasteiger partial charge in [-0.2, -0.15) is 0 Å². The molecule has 1 amide bonds. The summed E-state index contributed by atoms with van der Waals surface area (Å²) in [6, 6.07) is 14.3. The molecule has 1 N–H and O–H groups in total. The van der Waals surface area contributed by atoms with Crippen molar-refractivity contribution in [2.24, 2.45) is 0 Å². The maximum absolute atomic E-state index is 12.6. The standard InChI is InChI=1S/C21H20BrNO6S/c1-27-17-8-3-14(13-19(17)28-2)11-12-23-21(24)18-9-10-20(29-18)30(25,26)16-6-4-15(22)5-7-16/h3-10,13H,11-12H2,1-2H3,(H,23,24). The molecule has 1 aromatic heterocycles. The molecule has 0 saturated heterocycles. The van der Waals surface area contributed by atoms with Gasteiger partial charge in [-0.3, -0.25) is 4.79 Å². The van der Waals surface area contributed by atoms with E-state index in [0.29, 0.717) is 24.5 Å². The number of furan rings is 1. The van der Waals surface area contributed by atoms with Crippen LogP contribution < -0.4 is 14.8 Å². The molecular formula is C21H20BrNO6S. The molecule has 7 nitrogen and oxygen atoms in total. The third-order valence-corrected chi connectivity index (χ3v) is 6.51. The average Bonchev–Trinajstić information content (AvgIpc) is 3.25. The van der Waals surface area contributed by atoms with E-state index in [4.69, 9.17) is 13.9 Å². The molecular weight excluding hydrogens is 474 g/mol. The lowest BCUT2D eigenvalue weighted by molar-refractivity contribution is 0.0921. The summed E-state index contributed by atoms with van der Waals surface area (Å²) in [6.45, 7) is 0.337. The highest BCUT2D eigenvalue weighted by atomic mass is 79.9. The molecule has 30 heavy (non-hydrogen) atoms. The lowest BCUT2D eigenvalue weighted by Gasteiger charge is -2.09. The van der Waals surface area contributed by atoms with Crippen LogP contribution in [-0.2, 0) is 16.3 Å². The van der Waals surface area contributed by atoms with Crippen molar-refractivity contribution in [1.29, 1.82) is 0 Å². The Balaban J connectivity index is 1.63. The minimum absolute atomic E-state index is 0.0713. The highest BCUT2D eigenvalue weighted by Crippen LogP contribution is 2.28. The van der Waals surface area contributed by atoms with Gasteiger partial charge in [0.25, 0.3) is 5.91 Å². The van der Waals surface area contributed by atoms with Crippen molar-refractivity contribution in [3.8, 4) is 11.5 Å². The van der Waals surface area contributed by atoms with Gasteiger partial charge in [-0.05, 0) is 60.5 Å². The molecule has 2 aromatic carbocycles. The molecule has 0 aliphatic rings. The molecule has 3 aromatic rings. The van der Waals surface area contributed by atoms with Crippen molar-refractivity contribution in [3.05, 3.63) is 70.4 Å². The summed E-state index contributed by atoms with van der Waals surface area (Å²) in [5.41, 5.74) is 0.950. The third kappa shape index (κ3) is 4.85. The smallest absolute Gasteiger partial charge is 0.287 e. The first kappa shape index (κ1) is 21.9. The fourth-order valence-corrected chi connectivity index (χ4v) is 4.20. The van der Waals surface area contributed by atoms with Crippen molar-refractivity contribution in [3.63, 3.8) is 0 Å². The predicted molar refractivity (Wildman–Crippen MR) is 114 cm³/mol. The number of carbonyl (C=O) groups excluding carboxylic acids is 1. The molecule has 0 saturated carbocycles. The first-order chi connectivity index (χ1) is 14.3. The molecule has 0 spiro atoms. The van der Waals surface area contributed by atoms with Crippen LogP contribution in [0.4, 0.5) is 0 Å². The zero-order valence-electron chi connectivity index (χ0n) is 16.3. The summed E-state index contributed by atoms with van der Waals surface area (Å²) in [6.07, 6.45) is 0.552. The van der Waals surface area contributed by atoms with Crippen LogP contribution in [0.1, 0.15) is 16.1 Å². The Labute approximate surface area is 183 Å². The topological polar surface area (TPSA) is 94.8 Å². The average molecular weight is 494 g/mol. The lowest BCUT2D eigenvalue weighted by Crippen LogP contribution is -2.25. The van der Waals surface area contributed by atoms with Gasteiger partial charge in [-0.25, -0.2) is 8.42 Å². The van der Waals surface area contributed by atoms with Gasteiger partial charge in [-0.1, -0.05) is 22.0 Å². The molecule has 0 fully saturated rings. The Hall–Kier alpha value is -2.78. The second-order valence-electron chi connectivity index (χ2n) is 6.27.